The van der Waals surface area contributed by atoms with Crippen molar-refractivity contribution in [2.45, 2.75) is 13.2 Å². The van der Waals surface area contributed by atoms with Crippen LogP contribution in [0.15, 0.2) is 48.7 Å². The number of hydrogen-bond donors (Lipinski definition) is 3. The maximum atomic E-state index is 9.67. The zero-order valence-corrected chi connectivity index (χ0v) is 12.8. The van der Waals surface area contributed by atoms with Gasteiger partial charge < -0.3 is 16.3 Å². The van der Waals surface area contributed by atoms with Gasteiger partial charge in [-0.05, 0) is 17.7 Å². The molecule has 0 radical (unpaired) electrons. The standard InChI is InChI=1S/C17H16N6O/c18-17-15-16(14-12(21-17)7-4-8-19-14)23(13(10-24)22-15)20-9-11-5-2-1-3-6-11/h1-8,20,24H,9-10H2,(H2,18,21). The van der Waals surface area contributed by atoms with Gasteiger partial charge in [0.05, 0.1) is 12.1 Å². The Morgan fingerprint density at radius 2 is 1.88 bits per heavy atom. The Hall–Kier alpha value is -3.19. The maximum Gasteiger partial charge on any atom is 0.154 e. The largest absolute Gasteiger partial charge is 0.388 e. The molecule has 0 amide bonds. The third-order valence-corrected chi connectivity index (χ3v) is 3.87. The first-order valence-electron chi connectivity index (χ1n) is 7.58. The van der Waals surface area contributed by atoms with E-state index in [0.717, 1.165) is 11.1 Å². The summed E-state index contributed by atoms with van der Waals surface area (Å²) in [6, 6.07) is 13.6. The molecule has 4 aromatic rings. The van der Waals surface area contributed by atoms with Crippen LogP contribution in [0.4, 0.5) is 5.82 Å². The summed E-state index contributed by atoms with van der Waals surface area (Å²) in [4.78, 5) is 13.2. The zero-order chi connectivity index (χ0) is 16.5. The minimum absolute atomic E-state index is 0.218. The number of nitrogen functional groups attached to an aromatic ring is 1. The highest BCUT2D eigenvalue weighted by atomic mass is 16.3. The number of anilines is 1. The van der Waals surface area contributed by atoms with E-state index in [1.807, 2.05) is 42.5 Å². The minimum Gasteiger partial charge on any atom is -0.388 e. The highest BCUT2D eigenvalue weighted by molar-refractivity contribution is 6.04. The monoisotopic (exact) mass is 320 g/mol. The number of nitrogens with two attached hydrogens (primary N) is 1. The summed E-state index contributed by atoms with van der Waals surface area (Å²) < 4.78 is 1.75. The summed E-state index contributed by atoms with van der Waals surface area (Å²) in [7, 11) is 0. The molecule has 0 fully saturated rings. The first-order valence-corrected chi connectivity index (χ1v) is 7.58. The molecule has 0 aliphatic heterocycles. The van der Waals surface area contributed by atoms with E-state index >= 15 is 0 Å². The van der Waals surface area contributed by atoms with Gasteiger partial charge in [-0.2, -0.15) is 0 Å². The van der Waals surface area contributed by atoms with Crippen molar-refractivity contribution < 1.29 is 5.11 Å². The van der Waals surface area contributed by atoms with Gasteiger partial charge in [-0.15, -0.1) is 0 Å². The summed E-state index contributed by atoms with van der Waals surface area (Å²) in [6.45, 7) is 0.361. The normalized spacial score (nSPS) is 11.2. The van der Waals surface area contributed by atoms with Crippen LogP contribution in [0, 0.1) is 0 Å². The molecular formula is C17H16N6O. The fraction of sp³-hybridized carbons (Fsp3) is 0.118. The van der Waals surface area contributed by atoms with E-state index in [0.29, 0.717) is 34.7 Å². The van der Waals surface area contributed by atoms with Crippen molar-refractivity contribution in [3.8, 4) is 0 Å². The van der Waals surface area contributed by atoms with Gasteiger partial charge in [-0.1, -0.05) is 30.3 Å². The molecule has 0 saturated heterocycles. The van der Waals surface area contributed by atoms with Crippen LogP contribution in [0.3, 0.4) is 0 Å². The van der Waals surface area contributed by atoms with Gasteiger partial charge >= 0.3 is 0 Å². The summed E-state index contributed by atoms with van der Waals surface area (Å²) in [6.07, 6.45) is 1.70. The molecule has 24 heavy (non-hydrogen) atoms. The Morgan fingerprint density at radius 1 is 1.04 bits per heavy atom. The lowest BCUT2D eigenvalue weighted by molar-refractivity contribution is 0.268. The molecule has 4 N–H and O–H groups in total. The van der Waals surface area contributed by atoms with Gasteiger partial charge in [0.15, 0.2) is 11.6 Å². The topological polar surface area (TPSA) is 102 Å². The lowest BCUT2D eigenvalue weighted by atomic mass is 10.2. The van der Waals surface area contributed by atoms with Crippen LogP contribution in [0.25, 0.3) is 22.1 Å². The average Bonchev–Trinajstić information content (AvgIpc) is 3.00. The molecule has 0 saturated carbocycles. The van der Waals surface area contributed by atoms with Gasteiger partial charge in [-0.3, -0.25) is 4.98 Å². The van der Waals surface area contributed by atoms with Crippen LogP contribution in [-0.4, -0.2) is 24.7 Å². The van der Waals surface area contributed by atoms with Crippen molar-refractivity contribution in [1.29, 1.82) is 0 Å². The van der Waals surface area contributed by atoms with Gasteiger partial charge in [0, 0.05) is 6.20 Å². The minimum atomic E-state index is -0.218. The molecule has 3 aromatic heterocycles. The first-order chi connectivity index (χ1) is 11.8. The molecule has 3 heterocycles. The molecule has 0 aliphatic rings. The Labute approximate surface area is 137 Å². The number of fused-ring (bicyclic) bond motifs is 3. The molecule has 120 valence electrons. The van der Waals surface area contributed by atoms with Crippen LogP contribution in [0.1, 0.15) is 11.4 Å². The zero-order valence-electron chi connectivity index (χ0n) is 12.8. The average molecular weight is 320 g/mol. The van der Waals surface area contributed by atoms with E-state index in [2.05, 4.69) is 20.4 Å². The quantitative estimate of drug-likeness (QED) is 0.530. The van der Waals surface area contributed by atoms with Crippen molar-refractivity contribution in [3.05, 3.63) is 60.0 Å². The van der Waals surface area contributed by atoms with E-state index in [9.17, 15) is 5.11 Å². The number of hydrogen-bond acceptors (Lipinski definition) is 6. The molecule has 7 nitrogen and oxygen atoms in total. The van der Waals surface area contributed by atoms with Crippen LogP contribution >= 0.6 is 0 Å². The number of nitrogens with one attached hydrogen (secondary N) is 1. The van der Waals surface area contributed by atoms with E-state index in [1.54, 1.807) is 10.9 Å². The Bertz CT molecular complexity index is 1010. The van der Waals surface area contributed by atoms with Crippen molar-refractivity contribution in [2.75, 3.05) is 11.2 Å². The fourth-order valence-corrected chi connectivity index (χ4v) is 2.76. The van der Waals surface area contributed by atoms with E-state index < -0.39 is 0 Å². The first kappa shape index (κ1) is 14.4. The summed E-state index contributed by atoms with van der Waals surface area (Å²) in [5.74, 6) is 0.785. The third-order valence-electron chi connectivity index (χ3n) is 3.87. The van der Waals surface area contributed by atoms with Gasteiger partial charge in [0.2, 0.25) is 0 Å². The second-order valence-corrected chi connectivity index (χ2v) is 5.41. The number of rotatable bonds is 4. The van der Waals surface area contributed by atoms with Crippen molar-refractivity contribution in [3.63, 3.8) is 0 Å². The predicted octanol–water partition coefficient (Wildman–Crippen LogP) is 1.80. The van der Waals surface area contributed by atoms with Gasteiger partial charge in [0.1, 0.15) is 23.2 Å². The number of imidazole rings is 1. The Morgan fingerprint density at radius 3 is 2.67 bits per heavy atom. The van der Waals surface area contributed by atoms with Crippen molar-refractivity contribution in [1.82, 2.24) is 19.6 Å². The van der Waals surface area contributed by atoms with Crippen molar-refractivity contribution in [2.24, 2.45) is 0 Å². The number of aliphatic hydroxyl groups is 1. The third kappa shape index (κ3) is 2.31. The van der Waals surface area contributed by atoms with Gasteiger partial charge in [0.25, 0.3) is 0 Å². The fourth-order valence-electron chi connectivity index (χ4n) is 2.76. The highest BCUT2D eigenvalue weighted by Crippen LogP contribution is 2.26. The maximum absolute atomic E-state index is 9.67. The van der Waals surface area contributed by atoms with Crippen LogP contribution in [0.2, 0.25) is 0 Å². The van der Waals surface area contributed by atoms with Crippen molar-refractivity contribution >= 4 is 27.9 Å². The molecule has 0 spiro atoms. The highest BCUT2D eigenvalue weighted by Gasteiger charge is 2.17. The van der Waals surface area contributed by atoms with E-state index in [4.69, 9.17) is 5.73 Å². The summed E-state index contributed by atoms with van der Waals surface area (Å²) >= 11 is 0. The SMILES string of the molecule is Nc1nc2cccnc2c2c1nc(CO)n2NCc1ccccc1. The van der Waals surface area contributed by atoms with Gasteiger partial charge in [-0.25, -0.2) is 14.6 Å². The number of pyridine rings is 2. The number of nitrogens with zero attached hydrogens (tertiary/aromatic N) is 4. The molecule has 0 bridgehead atoms. The Balaban J connectivity index is 1.89. The summed E-state index contributed by atoms with van der Waals surface area (Å²) in [5.41, 5.74) is 13.1. The van der Waals surface area contributed by atoms with E-state index in [1.165, 1.54) is 0 Å². The number of aromatic nitrogens is 4. The number of aliphatic hydroxyl groups excluding tert-OH is 1. The molecule has 4 rings (SSSR count). The lowest BCUT2D eigenvalue weighted by Gasteiger charge is -2.12. The smallest absolute Gasteiger partial charge is 0.154 e. The predicted molar refractivity (Wildman–Crippen MR) is 92.7 cm³/mol. The Kier molecular flexibility index (Phi) is 3.47. The molecular weight excluding hydrogens is 304 g/mol. The molecule has 0 aliphatic carbocycles. The van der Waals surface area contributed by atoms with Crippen LogP contribution < -0.4 is 11.2 Å². The van der Waals surface area contributed by atoms with Crippen LogP contribution in [-0.2, 0) is 13.2 Å². The molecule has 7 heteroatoms. The summed E-state index contributed by atoms with van der Waals surface area (Å²) in [5, 5.41) is 9.67. The lowest BCUT2D eigenvalue weighted by Crippen LogP contribution is -2.17. The molecule has 1 aromatic carbocycles. The molecule has 0 unspecified atom stereocenters. The molecule has 0 atom stereocenters. The number of benzene rings is 1. The van der Waals surface area contributed by atoms with E-state index in [-0.39, 0.29) is 6.61 Å². The second kappa shape index (κ2) is 5.78. The second-order valence-electron chi connectivity index (χ2n) is 5.41. The van der Waals surface area contributed by atoms with Crippen LogP contribution in [0.5, 0.6) is 0 Å².